The predicted octanol–water partition coefficient (Wildman–Crippen LogP) is 5.01. The molecular weight excluding hydrogens is 418 g/mol. The number of methoxy groups -OCH3 is 4. The molecule has 33 heavy (non-hydrogen) atoms. The first kappa shape index (κ1) is 20.8. The van der Waals surface area contributed by atoms with Gasteiger partial charge in [-0.05, 0) is 69.6 Å². The Labute approximate surface area is 191 Å². The van der Waals surface area contributed by atoms with Crippen molar-refractivity contribution in [2.24, 2.45) is 0 Å². The molecule has 0 aliphatic carbocycles. The van der Waals surface area contributed by atoms with E-state index in [9.17, 15) is 0 Å². The third kappa shape index (κ3) is 3.33. The normalized spacial score (nSPS) is 11.3. The number of ether oxygens (including phenoxy) is 4. The Balaban J connectivity index is 1.83. The molecule has 0 amide bonds. The Morgan fingerprint density at radius 3 is 1.97 bits per heavy atom. The maximum atomic E-state index is 6.31. The van der Waals surface area contributed by atoms with Crippen LogP contribution in [-0.2, 0) is 6.54 Å². The van der Waals surface area contributed by atoms with Gasteiger partial charge in [0.15, 0.2) is 23.0 Å². The third-order valence-electron chi connectivity index (χ3n) is 6.06. The van der Waals surface area contributed by atoms with Crippen LogP contribution in [0.15, 0.2) is 54.6 Å². The zero-order valence-corrected chi connectivity index (χ0v) is 19.0. The Morgan fingerprint density at radius 1 is 0.727 bits per heavy atom. The van der Waals surface area contributed by atoms with Crippen LogP contribution in [0, 0.1) is 0 Å². The van der Waals surface area contributed by atoms with Crippen molar-refractivity contribution in [1.82, 2.24) is 9.55 Å². The summed E-state index contributed by atoms with van der Waals surface area (Å²) in [5, 5.41) is 4.09. The van der Waals surface area contributed by atoms with Crippen molar-refractivity contribution >= 4 is 38.5 Å². The molecule has 1 aromatic heterocycles. The maximum Gasteiger partial charge on any atom is 0.201 e. The lowest BCUT2D eigenvalue weighted by atomic mass is 9.96. The van der Waals surface area contributed by atoms with Crippen LogP contribution in [0.5, 0.6) is 23.0 Å². The van der Waals surface area contributed by atoms with Crippen LogP contribution in [0.3, 0.4) is 0 Å². The smallest absolute Gasteiger partial charge is 0.201 e. The molecule has 168 valence electrons. The average molecular weight is 444 g/mol. The third-order valence-corrected chi connectivity index (χ3v) is 6.06. The van der Waals surface area contributed by atoms with Crippen LogP contribution in [0.25, 0.3) is 32.6 Å². The van der Waals surface area contributed by atoms with Crippen LogP contribution in [0.1, 0.15) is 5.56 Å². The fraction of sp³-hybridized carbons (Fsp3) is 0.192. The van der Waals surface area contributed by atoms with Crippen molar-refractivity contribution in [2.45, 2.75) is 6.54 Å². The maximum absolute atomic E-state index is 6.31. The van der Waals surface area contributed by atoms with Gasteiger partial charge in [0.2, 0.25) is 5.95 Å². The largest absolute Gasteiger partial charge is 0.493 e. The summed E-state index contributed by atoms with van der Waals surface area (Å²) in [7, 11) is 6.55. The lowest BCUT2D eigenvalue weighted by molar-refractivity contribution is 0.355. The fourth-order valence-electron chi connectivity index (χ4n) is 4.44. The van der Waals surface area contributed by atoms with Crippen LogP contribution in [-0.4, -0.2) is 38.0 Å². The van der Waals surface area contributed by atoms with Gasteiger partial charge in [0.25, 0.3) is 0 Å². The molecule has 5 aromatic rings. The second-order valence-corrected chi connectivity index (χ2v) is 7.76. The van der Waals surface area contributed by atoms with Gasteiger partial charge in [-0.25, -0.2) is 4.98 Å². The highest BCUT2D eigenvalue weighted by Crippen LogP contribution is 2.41. The second-order valence-electron chi connectivity index (χ2n) is 7.76. The van der Waals surface area contributed by atoms with E-state index in [4.69, 9.17) is 24.7 Å². The van der Waals surface area contributed by atoms with E-state index < -0.39 is 0 Å². The van der Waals surface area contributed by atoms with Gasteiger partial charge >= 0.3 is 0 Å². The van der Waals surface area contributed by atoms with Gasteiger partial charge in [-0.15, -0.1) is 0 Å². The molecule has 4 aromatic carbocycles. The van der Waals surface area contributed by atoms with E-state index in [-0.39, 0.29) is 0 Å². The number of hydrogen-bond donors (Lipinski definition) is 1. The Kier molecular flexibility index (Phi) is 5.09. The average Bonchev–Trinajstić information content (AvgIpc) is 3.17. The second kappa shape index (κ2) is 8.09. The highest BCUT2D eigenvalue weighted by atomic mass is 16.5. The summed E-state index contributed by atoms with van der Waals surface area (Å²) in [6.45, 7) is 0.544. The zero-order valence-electron chi connectivity index (χ0n) is 19.0. The van der Waals surface area contributed by atoms with Gasteiger partial charge in [-0.2, -0.15) is 0 Å². The lowest BCUT2D eigenvalue weighted by Crippen LogP contribution is -2.05. The SMILES string of the molecule is COc1cc2cc(Cn3c(N)nc4ccccc43)c3cc(OC)c(OC)cc3c2cc1OC. The standard InChI is InChI=1S/C26H25N3O4/c1-30-22-10-15-9-16(14-29-21-8-6-5-7-20(21)28-26(29)27)18-12-24(32-3)25(33-4)13-19(18)17(15)11-23(22)31-2/h5-13H,14H2,1-4H3,(H2,27,28). The van der Waals surface area contributed by atoms with Gasteiger partial charge < -0.3 is 29.2 Å². The van der Waals surface area contributed by atoms with Crippen molar-refractivity contribution in [2.75, 3.05) is 34.2 Å². The molecule has 0 aliphatic heterocycles. The quantitative estimate of drug-likeness (QED) is 0.372. The summed E-state index contributed by atoms with van der Waals surface area (Å²) < 4.78 is 24.4. The Morgan fingerprint density at radius 2 is 1.30 bits per heavy atom. The summed E-state index contributed by atoms with van der Waals surface area (Å²) in [4.78, 5) is 4.52. The van der Waals surface area contributed by atoms with Crippen LogP contribution in [0.4, 0.5) is 5.95 Å². The molecule has 0 saturated heterocycles. The van der Waals surface area contributed by atoms with Gasteiger partial charge in [-0.1, -0.05) is 12.1 Å². The molecule has 0 spiro atoms. The van der Waals surface area contributed by atoms with E-state index in [0.717, 1.165) is 38.1 Å². The number of nitrogen functional groups attached to an aromatic ring is 1. The van der Waals surface area contributed by atoms with Crippen molar-refractivity contribution < 1.29 is 18.9 Å². The predicted molar refractivity (Wildman–Crippen MR) is 131 cm³/mol. The minimum Gasteiger partial charge on any atom is -0.493 e. The number of imidazole rings is 1. The number of anilines is 1. The monoisotopic (exact) mass is 443 g/mol. The summed E-state index contributed by atoms with van der Waals surface area (Å²) in [6.07, 6.45) is 0. The molecule has 1 heterocycles. The van der Waals surface area contributed by atoms with E-state index in [2.05, 4.69) is 11.1 Å². The number of hydrogen-bond acceptors (Lipinski definition) is 6. The van der Waals surface area contributed by atoms with Gasteiger partial charge in [0.05, 0.1) is 46.0 Å². The first-order valence-corrected chi connectivity index (χ1v) is 10.5. The minimum absolute atomic E-state index is 0.470. The van der Waals surface area contributed by atoms with Crippen molar-refractivity contribution in [3.63, 3.8) is 0 Å². The Bertz CT molecular complexity index is 1510. The molecule has 7 heteroatoms. The Hall–Kier alpha value is -4.13. The highest BCUT2D eigenvalue weighted by molar-refractivity contribution is 6.11. The number of benzene rings is 4. The molecular formula is C26H25N3O4. The first-order valence-electron chi connectivity index (χ1n) is 10.5. The number of rotatable bonds is 6. The molecule has 0 radical (unpaired) electrons. The van der Waals surface area contributed by atoms with E-state index >= 15 is 0 Å². The number of nitrogens with two attached hydrogens (primary N) is 1. The summed E-state index contributed by atoms with van der Waals surface area (Å²) in [5.41, 5.74) is 9.23. The topological polar surface area (TPSA) is 80.8 Å². The van der Waals surface area contributed by atoms with E-state index in [1.165, 1.54) is 0 Å². The van der Waals surface area contributed by atoms with Gasteiger partial charge in [0, 0.05) is 0 Å². The summed E-state index contributed by atoms with van der Waals surface area (Å²) in [6, 6.07) is 18.1. The van der Waals surface area contributed by atoms with E-state index in [1.807, 2.05) is 53.1 Å². The molecule has 0 atom stereocenters. The van der Waals surface area contributed by atoms with Crippen LogP contribution < -0.4 is 24.7 Å². The lowest BCUT2D eigenvalue weighted by Gasteiger charge is -2.17. The van der Waals surface area contributed by atoms with Crippen molar-refractivity contribution in [3.8, 4) is 23.0 Å². The number of para-hydroxylation sites is 2. The van der Waals surface area contributed by atoms with Crippen LogP contribution in [0.2, 0.25) is 0 Å². The minimum atomic E-state index is 0.470. The van der Waals surface area contributed by atoms with Crippen molar-refractivity contribution in [3.05, 3.63) is 60.2 Å². The highest BCUT2D eigenvalue weighted by Gasteiger charge is 2.17. The molecule has 7 nitrogen and oxygen atoms in total. The molecule has 0 bridgehead atoms. The van der Waals surface area contributed by atoms with Crippen LogP contribution >= 0.6 is 0 Å². The van der Waals surface area contributed by atoms with Crippen molar-refractivity contribution in [1.29, 1.82) is 0 Å². The van der Waals surface area contributed by atoms with E-state index in [1.54, 1.807) is 28.4 Å². The number of aromatic nitrogens is 2. The zero-order chi connectivity index (χ0) is 23.1. The fourth-order valence-corrected chi connectivity index (χ4v) is 4.44. The summed E-state index contributed by atoms with van der Waals surface area (Å²) >= 11 is 0. The van der Waals surface area contributed by atoms with E-state index in [0.29, 0.717) is 35.5 Å². The van der Waals surface area contributed by atoms with Gasteiger partial charge in [-0.3, -0.25) is 0 Å². The molecule has 5 rings (SSSR count). The number of fused-ring (bicyclic) bond motifs is 4. The molecule has 0 fully saturated rings. The molecule has 0 aliphatic rings. The van der Waals surface area contributed by atoms with Gasteiger partial charge in [0.1, 0.15) is 0 Å². The number of nitrogens with zero attached hydrogens (tertiary/aromatic N) is 2. The summed E-state index contributed by atoms with van der Waals surface area (Å²) in [5.74, 6) is 3.12. The first-order chi connectivity index (χ1) is 16.1. The molecule has 2 N–H and O–H groups in total. The molecule has 0 unspecified atom stereocenters. The molecule has 0 saturated carbocycles.